The van der Waals surface area contributed by atoms with Crippen LogP contribution < -0.4 is 5.32 Å². The first-order valence-corrected chi connectivity index (χ1v) is 4.52. The molecule has 0 radical (unpaired) electrons. The Morgan fingerprint density at radius 1 is 1.67 bits per heavy atom. The van der Waals surface area contributed by atoms with E-state index in [1.165, 1.54) is 0 Å². The lowest BCUT2D eigenvalue weighted by Crippen LogP contribution is -2.19. The first kappa shape index (κ1) is 9.55. The van der Waals surface area contributed by atoms with Crippen LogP contribution in [0.2, 0.25) is 5.02 Å². The maximum Gasteiger partial charge on any atom is 0.0814 e. The number of aryl methyl sites for hydroxylation is 1. The van der Waals surface area contributed by atoms with Gasteiger partial charge in [-0.15, -0.1) is 0 Å². The van der Waals surface area contributed by atoms with Gasteiger partial charge in [-0.1, -0.05) is 18.5 Å². The number of halogens is 1. The molecule has 1 heterocycles. The summed E-state index contributed by atoms with van der Waals surface area (Å²) in [5.41, 5.74) is 0.896. The number of rotatable bonds is 4. The van der Waals surface area contributed by atoms with Gasteiger partial charge in [-0.2, -0.15) is 5.10 Å². The number of nitrogens with zero attached hydrogens (tertiary/aromatic N) is 2. The fourth-order valence-electron chi connectivity index (χ4n) is 0.978. The van der Waals surface area contributed by atoms with Crippen molar-refractivity contribution >= 4 is 11.6 Å². The zero-order valence-electron chi connectivity index (χ0n) is 7.47. The third-order valence-corrected chi connectivity index (χ3v) is 2.03. The Kier molecular flexibility index (Phi) is 3.56. The van der Waals surface area contributed by atoms with Gasteiger partial charge in [0.05, 0.1) is 17.3 Å². The molecule has 3 nitrogen and oxygen atoms in total. The molecule has 0 aromatic carbocycles. The summed E-state index contributed by atoms with van der Waals surface area (Å²) < 4.78 is 1.86. The van der Waals surface area contributed by atoms with Crippen LogP contribution in [0, 0.1) is 6.92 Å². The van der Waals surface area contributed by atoms with Crippen LogP contribution in [0.3, 0.4) is 0 Å². The van der Waals surface area contributed by atoms with E-state index in [9.17, 15) is 0 Å². The summed E-state index contributed by atoms with van der Waals surface area (Å²) in [7, 11) is 0. The van der Waals surface area contributed by atoms with E-state index in [-0.39, 0.29) is 0 Å². The van der Waals surface area contributed by atoms with Crippen molar-refractivity contribution in [2.45, 2.75) is 20.4 Å². The molecule has 0 aliphatic heterocycles. The van der Waals surface area contributed by atoms with Gasteiger partial charge < -0.3 is 5.32 Å². The lowest BCUT2D eigenvalue weighted by molar-refractivity contribution is 0.562. The van der Waals surface area contributed by atoms with Crippen molar-refractivity contribution in [3.63, 3.8) is 0 Å². The third-order valence-electron chi connectivity index (χ3n) is 1.65. The van der Waals surface area contributed by atoms with Gasteiger partial charge in [-0.25, -0.2) is 0 Å². The third kappa shape index (κ3) is 2.50. The highest BCUT2D eigenvalue weighted by atomic mass is 35.5. The van der Waals surface area contributed by atoms with E-state index >= 15 is 0 Å². The molecule has 1 N–H and O–H groups in total. The molecule has 0 spiro atoms. The molecule has 0 aliphatic rings. The quantitative estimate of drug-likeness (QED) is 0.724. The summed E-state index contributed by atoms with van der Waals surface area (Å²) in [6.07, 6.45) is 1.86. The first-order chi connectivity index (χ1) is 5.74. The molecule has 0 saturated carbocycles. The Morgan fingerprint density at radius 3 is 2.92 bits per heavy atom. The summed E-state index contributed by atoms with van der Waals surface area (Å²) in [6.45, 7) is 6.80. The highest BCUT2D eigenvalue weighted by Gasteiger charge is 1.99. The second kappa shape index (κ2) is 4.48. The molecule has 0 aliphatic carbocycles. The molecular weight excluding hydrogens is 174 g/mol. The van der Waals surface area contributed by atoms with Crippen LogP contribution in [0.15, 0.2) is 6.20 Å². The highest BCUT2D eigenvalue weighted by molar-refractivity contribution is 6.31. The van der Waals surface area contributed by atoms with Gasteiger partial charge in [0.1, 0.15) is 0 Å². The minimum atomic E-state index is 0.742. The molecule has 0 bridgehead atoms. The van der Waals surface area contributed by atoms with Gasteiger partial charge in [0.25, 0.3) is 0 Å². The van der Waals surface area contributed by atoms with E-state index in [0.29, 0.717) is 0 Å². The molecule has 12 heavy (non-hydrogen) atoms. The molecule has 0 fully saturated rings. The Bertz CT molecular complexity index is 225. The second-order valence-electron chi connectivity index (χ2n) is 2.68. The van der Waals surface area contributed by atoms with Crippen LogP contribution in [-0.2, 0) is 6.54 Å². The highest BCUT2D eigenvalue weighted by Crippen LogP contribution is 2.11. The van der Waals surface area contributed by atoms with Crippen molar-refractivity contribution in [1.29, 1.82) is 0 Å². The Morgan fingerprint density at radius 2 is 2.42 bits per heavy atom. The van der Waals surface area contributed by atoms with Crippen LogP contribution >= 0.6 is 11.6 Å². The van der Waals surface area contributed by atoms with Crippen molar-refractivity contribution in [1.82, 2.24) is 15.1 Å². The average Bonchev–Trinajstić information content (AvgIpc) is 2.32. The van der Waals surface area contributed by atoms with E-state index in [2.05, 4.69) is 17.3 Å². The molecule has 1 aromatic rings. The topological polar surface area (TPSA) is 29.9 Å². The largest absolute Gasteiger partial charge is 0.315 e. The lowest BCUT2D eigenvalue weighted by Gasteiger charge is -2.00. The van der Waals surface area contributed by atoms with Gasteiger partial charge >= 0.3 is 0 Å². The van der Waals surface area contributed by atoms with Crippen LogP contribution in [0.25, 0.3) is 0 Å². The zero-order chi connectivity index (χ0) is 8.97. The second-order valence-corrected chi connectivity index (χ2v) is 3.09. The van der Waals surface area contributed by atoms with Gasteiger partial charge in [0.15, 0.2) is 0 Å². The molecule has 0 amide bonds. The SMILES string of the molecule is CCNCCn1cc(Cl)c(C)n1. The number of aromatic nitrogens is 2. The van der Waals surface area contributed by atoms with Crippen LogP contribution in [0.1, 0.15) is 12.6 Å². The van der Waals surface area contributed by atoms with Gasteiger partial charge in [-0.05, 0) is 13.5 Å². The van der Waals surface area contributed by atoms with Crippen molar-refractivity contribution in [3.8, 4) is 0 Å². The fourth-order valence-corrected chi connectivity index (χ4v) is 1.13. The number of hydrogen-bond donors (Lipinski definition) is 1. The zero-order valence-corrected chi connectivity index (χ0v) is 8.23. The summed E-state index contributed by atoms with van der Waals surface area (Å²) in [5, 5.41) is 8.19. The molecule has 0 atom stereocenters. The molecule has 4 heteroatoms. The van der Waals surface area contributed by atoms with Gasteiger partial charge in [0.2, 0.25) is 0 Å². The normalized spacial score (nSPS) is 10.6. The molecule has 68 valence electrons. The fraction of sp³-hybridized carbons (Fsp3) is 0.625. The maximum atomic E-state index is 5.84. The van der Waals surface area contributed by atoms with Crippen molar-refractivity contribution < 1.29 is 0 Å². The molecular formula is C8H14ClN3. The average molecular weight is 188 g/mol. The molecule has 1 aromatic heterocycles. The molecule has 0 unspecified atom stereocenters. The summed E-state index contributed by atoms with van der Waals surface area (Å²) in [6, 6.07) is 0. The number of likely N-dealkylation sites (N-methyl/N-ethyl adjacent to an activating group) is 1. The van der Waals surface area contributed by atoms with Crippen molar-refractivity contribution in [2.24, 2.45) is 0 Å². The van der Waals surface area contributed by atoms with Gasteiger partial charge in [-0.3, -0.25) is 4.68 Å². The standard InChI is InChI=1S/C8H14ClN3/c1-3-10-4-5-12-6-8(9)7(2)11-12/h6,10H,3-5H2,1-2H3. The van der Waals surface area contributed by atoms with E-state index in [1.54, 1.807) is 0 Å². The summed E-state index contributed by atoms with van der Waals surface area (Å²) in [5.74, 6) is 0. The Hall–Kier alpha value is -0.540. The van der Waals surface area contributed by atoms with E-state index in [1.807, 2.05) is 17.8 Å². The van der Waals surface area contributed by atoms with E-state index < -0.39 is 0 Å². The van der Waals surface area contributed by atoms with E-state index in [0.717, 1.165) is 30.4 Å². The van der Waals surface area contributed by atoms with Crippen molar-refractivity contribution in [3.05, 3.63) is 16.9 Å². The van der Waals surface area contributed by atoms with Crippen LogP contribution in [-0.4, -0.2) is 22.9 Å². The Balaban J connectivity index is 2.42. The number of hydrogen-bond acceptors (Lipinski definition) is 2. The lowest BCUT2D eigenvalue weighted by atomic mass is 10.5. The van der Waals surface area contributed by atoms with Crippen molar-refractivity contribution in [2.75, 3.05) is 13.1 Å². The van der Waals surface area contributed by atoms with Crippen LogP contribution in [0.4, 0.5) is 0 Å². The maximum absolute atomic E-state index is 5.84. The van der Waals surface area contributed by atoms with Gasteiger partial charge in [0, 0.05) is 12.7 Å². The van der Waals surface area contributed by atoms with E-state index in [4.69, 9.17) is 11.6 Å². The predicted molar refractivity (Wildman–Crippen MR) is 50.5 cm³/mol. The molecule has 0 saturated heterocycles. The minimum absolute atomic E-state index is 0.742. The minimum Gasteiger partial charge on any atom is -0.315 e. The summed E-state index contributed by atoms with van der Waals surface area (Å²) in [4.78, 5) is 0. The molecule has 1 rings (SSSR count). The first-order valence-electron chi connectivity index (χ1n) is 4.14. The smallest absolute Gasteiger partial charge is 0.0814 e. The predicted octanol–water partition coefficient (Wildman–Crippen LogP) is 1.45. The Labute approximate surface area is 77.7 Å². The summed E-state index contributed by atoms with van der Waals surface area (Å²) >= 11 is 5.84. The monoisotopic (exact) mass is 187 g/mol. The van der Waals surface area contributed by atoms with Crippen LogP contribution in [0.5, 0.6) is 0 Å². The number of nitrogens with one attached hydrogen (secondary N) is 1.